The summed E-state index contributed by atoms with van der Waals surface area (Å²) in [5, 5.41) is 3.45. The Kier molecular flexibility index (Phi) is 6.15. The smallest absolute Gasteiger partial charge is 0.222 e. The molecule has 3 nitrogen and oxygen atoms in total. The third-order valence-electron chi connectivity index (χ3n) is 4.80. The fraction of sp³-hybridized carbons (Fsp3) is 0.938. The highest BCUT2D eigenvalue weighted by Gasteiger charge is 2.23. The maximum atomic E-state index is 12.4. The van der Waals surface area contributed by atoms with Gasteiger partial charge in [0.1, 0.15) is 0 Å². The van der Waals surface area contributed by atoms with E-state index in [1.54, 1.807) is 0 Å². The molecule has 0 radical (unpaired) electrons. The Hall–Kier alpha value is -0.570. The van der Waals surface area contributed by atoms with Crippen LogP contribution in [0.2, 0.25) is 0 Å². The molecule has 0 bridgehead atoms. The molecule has 0 aromatic carbocycles. The third kappa shape index (κ3) is 4.79. The van der Waals surface area contributed by atoms with E-state index in [-0.39, 0.29) is 0 Å². The van der Waals surface area contributed by atoms with Gasteiger partial charge in [-0.2, -0.15) is 0 Å². The fourth-order valence-corrected chi connectivity index (χ4v) is 3.57. The second kappa shape index (κ2) is 7.88. The van der Waals surface area contributed by atoms with Crippen molar-refractivity contribution in [2.45, 2.75) is 58.3 Å². The minimum Gasteiger partial charge on any atom is -0.343 e. The Balaban J connectivity index is 1.76. The molecular formula is C16H30N2O. The SMILES string of the molecule is CCN(CC1CCCNC1)C(=O)CC1CCCCC1. The zero-order chi connectivity index (χ0) is 13.5. The van der Waals surface area contributed by atoms with Gasteiger partial charge in [0.05, 0.1) is 0 Å². The molecule has 0 spiro atoms. The van der Waals surface area contributed by atoms with E-state index in [2.05, 4.69) is 17.1 Å². The van der Waals surface area contributed by atoms with Gasteiger partial charge in [-0.1, -0.05) is 19.3 Å². The molecular weight excluding hydrogens is 236 g/mol. The summed E-state index contributed by atoms with van der Waals surface area (Å²) in [6.45, 7) is 6.21. The summed E-state index contributed by atoms with van der Waals surface area (Å²) in [6, 6.07) is 0. The molecule has 1 saturated carbocycles. The molecule has 1 unspecified atom stereocenters. The van der Waals surface area contributed by atoms with Crippen molar-refractivity contribution in [3.05, 3.63) is 0 Å². The summed E-state index contributed by atoms with van der Waals surface area (Å²) in [5.41, 5.74) is 0. The van der Waals surface area contributed by atoms with Crippen LogP contribution in [0.5, 0.6) is 0 Å². The zero-order valence-corrected chi connectivity index (χ0v) is 12.5. The van der Waals surface area contributed by atoms with Gasteiger partial charge in [0.25, 0.3) is 0 Å². The number of rotatable bonds is 5. The molecule has 19 heavy (non-hydrogen) atoms. The van der Waals surface area contributed by atoms with E-state index in [1.165, 1.54) is 44.9 Å². The van der Waals surface area contributed by atoms with Crippen LogP contribution in [0.4, 0.5) is 0 Å². The van der Waals surface area contributed by atoms with Crippen molar-refractivity contribution in [3.63, 3.8) is 0 Å². The number of hydrogen-bond donors (Lipinski definition) is 1. The first kappa shape index (κ1) is 14.8. The number of piperidine rings is 1. The van der Waals surface area contributed by atoms with Crippen molar-refractivity contribution < 1.29 is 4.79 Å². The second-order valence-electron chi connectivity index (χ2n) is 6.35. The maximum absolute atomic E-state index is 12.4. The van der Waals surface area contributed by atoms with Crippen LogP contribution in [0.25, 0.3) is 0 Å². The van der Waals surface area contributed by atoms with Crippen LogP contribution in [0.1, 0.15) is 58.3 Å². The van der Waals surface area contributed by atoms with Crippen molar-refractivity contribution in [2.75, 3.05) is 26.2 Å². The molecule has 2 aliphatic rings. The van der Waals surface area contributed by atoms with Gasteiger partial charge in [-0.05, 0) is 57.5 Å². The van der Waals surface area contributed by atoms with Gasteiger partial charge in [-0.25, -0.2) is 0 Å². The molecule has 110 valence electrons. The van der Waals surface area contributed by atoms with Crippen molar-refractivity contribution in [3.8, 4) is 0 Å². The molecule has 1 aliphatic heterocycles. The average molecular weight is 266 g/mol. The summed E-state index contributed by atoms with van der Waals surface area (Å²) >= 11 is 0. The molecule has 2 fully saturated rings. The first-order chi connectivity index (χ1) is 9.29. The van der Waals surface area contributed by atoms with Crippen LogP contribution in [-0.2, 0) is 4.79 Å². The van der Waals surface area contributed by atoms with Crippen molar-refractivity contribution >= 4 is 5.91 Å². The Morgan fingerprint density at radius 1 is 1.11 bits per heavy atom. The summed E-state index contributed by atoms with van der Waals surface area (Å²) in [4.78, 5) is 14.5. The Morgan fingerprint density at radius 2 is 1.84 bits per heavy atom. The molecule has 0 aromatic rings. The Labute approximate surface area is 118 Å². The van der Waals surface area contributed by atoms with E-state index < -0.39 is 0 Å². The van der Waals surface area contributed by atoms with Crippen LogP contribution in [-0.4, -0.2) is 37.0 Å². The van der Waals surface area contributed by atoms with Gasteiger partial charge >= 0.3 is 0 Å². The minimum atomic E-state index is 0.403. The van der Waals surface area contributed by atoms with Gasteiger partial charge in [-0.3, -0.25) is 4.79 Å². The van der Waals surface area contributed by atoms with Gasteiger partial charge in [0, 0.05) is 19.5 Å². The van der Waals surface area contributed by atoms with E-state index in [1.807, 2.05) is 0 Å². The van der Waals surface area contributed by atoms with Crippen LogP contribution in [0.15, 0.2) is 0 Å². The first-order valence-corrected chi connectivity index (χ1v) is 8.28. The molecule has 1 saturated heterocycles. The normalized spacial score (nSPS) is 25.2. The highest BCUT2D eigenvalue weighted by atomic mass is 16.2. The number of hydrogen-bond acceptors (Lipinski definition) is 2. The number of nitrogens with one attached hydrogen (secondary N) is 1. The van der Waals surface area contributed by atoms with Gasteiger partial charge in [0.2, 0.25) is 5.91 Å². The minimum absolute atomic E-state index is 0.403. The summed E-state index contributed by atoms with van der Waals surface area (Å²) in [6.07, 6.45) is 9.92. The topological polar surface area (TPSA) is 32.3 Å². The largest absolute Gasteiger partial charge is 0.343 e. The molecule has 1 atom stereocenters. The average Bonchev–Trinajstić information content (AvgIpc) is 2.47. The van der Waals surface area contributed by atoms with Gasteiger partial charge < -0.3 is 10.2 Å². The predicted molar refractivity (Wildman–Crippen MR) is 79.0 cm³/mol. The van der Waals surface area contributed by atoms with Crippen molar-refractivity contribution in [1.29, 1.82) is 0 Å². The Bertz CT molecular complexity index is 268. The molecule has 1 heterocycles. The lowest BCUT2D eigenvalue weighted by Gasteiger charge is -2.31. The quantitative estimate of drug-likeness (QED) is 0.830. The van der Waals surface area contributed by atoms with E-state index in [9.17, 15) is 4.79 Å². The molecule has 1 aliphatic carbocycles. The van der Waals surface area contributed by atoms with Crippen LogP contribution in [0, 0.1) is 11.8 Å². The first-order valence-electron chi connectivity index (χ1n) is 8.28. The highest BCUT2D eigenvalue weighted by molar-refractivity contribution is 5.76. The lowest BCUT2D eigenvalue weighted by Crippen LogP contribution is -2.41. The highest BCUT2D eigenvalue weighted by Crippen LogP contribution is 2.27. The standard InChI is InChI=1S/C16H30N2O/c1-2-18(13-15-9-6-10-17-12-15)16(19)11-14-7-4-3-5-8-14/h14-15,17H,2-13H2,1H3. The lowest BCUT2D eigenvalue weighted by molar-refractivity contribution is -0.133. The lowest BCUT2D eigenvalue weighted by atomic mass is 9.86. The van der Waals surface area contributed by atoms with Crippen LogP contribution >= 0.6 is 0 Å². The van der Waals surface area contributed by atoms with E-state index >= 15 is 0 Å². The summed E-state index contributed by atoms with van der Waals surface area (Å²) < 4.78 is 0. The third-order valence-corrected chi connectivity index (χ3v) is 4.80. The number of carbonyl (C=O) groups excluding carboxylic acids is 1. The van der Waals surface area contributed by atoms with E-state index in [0.29, 0.717) is 17.7 Å². The summed E-state index contributed by atoms with van der Waals surface area (Å²) in [7, 11) is 0. The summed E-state index contributed by atoms with van der Waals surface area (Å²) in [5.74, 6) is 1.74. The second-order valence-corrected chi connectivity index (χ2v) is 6.35. The van der Waals surface area contributed by atoms with E-state index in [0.717, 1.165) is 32.6 Å². The van der Waals surface area contributed by atoms with Crippen LogP contribution < -0.4 is 5.32 Å². The van der Waals surface area contributed by atoms with Gasteiger partial charge in [-0.15, -0.1) is 0 Å². The van der Waals surface area contributed by atoms with Gasteiger partial charge in [0.15, 0.2) is 0 Å². The van der Waals surface area contributed by atoms with Crippen molar-refractivity contribution in [2.24, 2.45) is 11.8 Å². The molecule has 2 rings (SSSR count). The van der Waals surface area contributed by atoms with E-state index in [4.69, 9.17) is 0 Å². The molecule has 1 amide bonds. The molecule has 1 N–H and O–H groups in total. The number of carbonyl (C=O) groups is 1. The fourth-order valence-electron chi connectivity index (χ4n) is 3.57. The number of amides is 1. The Morgan fingerprint density at radius 3 is 2.47 bits per heavy atom. The zero-order valence-electron chi connectivity index (χ0n) is 12.5. The molecule has 0 aromatic heterocycles. The molecule has 3 heteroatoms. The number of nitrogens with zero attached hydrogens (tertiary/aromatic N) is 1. The maximum Gasteiger partial charge on any atom is 0.222 e. The van der Waals surface area contributed by atoms with Crippen LogP contribution in [0.3, 0.4) is 0 Å². The van der Waals surface area contributed by atoms with Crippen molar-refractivity contribution in [1.82, 2.24) is 10.2 Å². The predicted octanol–water partition coefficient (Wildman–Crippen LogP) is 2.80. The monoisotopic (exact) mass is 266 g/mol.